The number of rotatable bonds is 4. The molecule has 1 aromatic heterocycles. The van der Waals surface area contributed by atoms with Gasteiger partial charge in [-0.15, -0.1) is 0 Å². The van der Waals surface area contributed by atoms with Gasteiger partial charge in [0.05, 0.1) is 22.5 Å². The summed E-state index contributed by atoms with van der Waals surface area (Å²) in [5, 5.41) is 6.69. The second kappa shape index (κ2) is 7.52. The van der Waals surface area contributed by atoms with Gasteiger partial charge >= 0.3 is 5.97 Å². The average Bonchev–Trinajstić information content (AvgIpc) is 3.06. The summed E-state index contributed by atoms with van der Waals surface area (Å²) < 4.78 is 6.54. The molecule has 0 bridgehead atoms. The number of nitrogens with two attached hydrogens (primary N) is 1. The molecule has 4 rings (SSSR count). The molecule has 0 aliphatic heterocycles. The van der Waals surface area contributed by atoms with Gasteiger partial charge in [0.1, 0.15) is 5.82 Å². The van der Waals surface area contributed by atoms with Gasteiger partial charge in [0.15, 0.2) is 18.2 Å². The summed E-state index contributed by atoms with van der Waals surface area (Å²) in [6.45, 7) is 1.22. The van der Waals surface area contributed by atoms with E-state index in [9.17, 15) is 19.2 Å². The molecule has 156 valence electrons. The zero-order chi connectivity index (χ0) is 22.3. The SMILES string of the molecule is Cc1cc(NC(=O)COC(=O)c2ccc3c(c2N)C(=O)c2ccccc2C3=O)n(C)n1. The van der Waals surface area contributed by atoms with E-state index in [0.29, 0.717) is 5.82 Å². The number of hydrogen-bond acceptors (Lipinski definition) is 7. The number of aromatic nitrogens is 2. The average molecular weight is 418 g/mol. The number of amides is 1. The first-order chi connectivity index (χ1) is 14.8. The van der Waals surface area contributed by atoms with Crippen molar-refractivity contribution in [2.75, 3.05) is 17.7 Å². The molecule has 1 aliphatic rings. The maximum atomic E-state index is 12.9. The highest BCUT2D eigenvalue weighted by Crippen LogP contribution is 2.32. The van der Waals surface area contributed by atoms with Crippen LogP contribution in [-0.4, -0.2) is 39.8 Å². The summed E-state index contributed by atoms with van der Waals surface area (Å²) in [6, 6.07) is 10.8. The molecule has 0 radical (unpaired) electrons. The van der Waals surface area contributed by atoms with E-state index >= 15 is 0 Å². The first-order valence-electron chi connectivity index (χ1n) is 9.36. The van der Waals surface area contributed by atoms with Crippen LogP contribution in [0.25, 0.3) is 0 Å². The molecule has 0 atom stereocenters. The van der Waals surface area contributed by atoms with Crippen molar-refractivity contribution in [3.63, 3.8) is 0 Å². The molecule has 1 aliphatic carbocycles. The van der Waals surface area contributed by atoms with Crippen LogP contribution in [0.5, 0.6) is 0 Å². The van der Waals surface area contributed by atoms with Crippen molar-refractivity contribution in [3.8, 4) is 0 Å². The fourth-order valence-corrected chi connectivity index (χ4v) is 3.51. The summed E-state index contributed by atoms with van der Waals surface area (Å²) in [6.07, 6.45) is 0. The van der Waals surface area contributed by atoms with Gasteiger partial charge in [0.25, 0.3) is 5.91 Å². The molecule has 2 aromatic carbocycles. The predicted molar refractivity (Wildman–Crippen MR) is 111 cm³/mol. The molecule has 9 nitrogen and oxygen atoms in total. The summed E-state index contributed by atoms with van der Waals surface area (Å²) in [5.74, 6) is -1.78. The van der Waals surface area contributed by atoms with E-state index in [1.165, 1.54) is 22.9 Å². The number of anilines is 2. The Morgan fingerprint density at radius 2 is 1.74 bits per heavy atom. The minimum Gasteiger partial charge on any atom is -0.452 e. The van der Waals surface area contributed by atoms with Crippen molar-refractivity contribution in [3.05, 3.63) is 76.0 Å². The summed E-state index contributed by atoms with van der Waals surface area (Å²) >= 11 is 0. The Hall–Kier alpha value is -4.27. The van der Waals surface area contributed by atoms with Crippen molar-refractivity contribution < 1.29 is 23.9 Å². The summed E-state index contributed by atoms with van der Waals surface area (Å²) in [7, 11) is 1.67. The summed E-state index contributed by atoms with van der Waals surface area (Å²) in [4.78, 5) is 50.2. The third kappa shape index (κ3) is 3.46. The van der Waals surface area contributed by atoms with Crippen molar-refractivity contribution in [2.24, 2.45) is 7.05 Å². The van der Waals surface area contributed by atoms with Crippen molar-refractivity contribution in [1.82, 2.24) is 9.78 Å². The number of hydrogen-bond donors (Lipinski definition) is 2. The van der Waals surface area contributed by atoms with Crippen LogP contribution >= 0.6 is 0 Å². The number of carbonyl (C=O) groups excluding carboxylic acids is 4. The van der Waals surface area contributed by atoms with Gasteiger partial charge in [-0.05, 0) is 19.1 Å². The van der Waals surface area contributed by atoms with Crippen LogP contribution in [0.1, 0.15) is 47.9 Å². The third-order valence-electron chi connectivity index (χ3n) is 4.96. The van der Waals surface area contributed by atoms with Crippen LogP contribution in [0, 0.1) is 6.92 Å². The Balaban J connectivity index is 1.53. The monoisotopic (exact) mass is 418 g/mol. The number of ether oxygens (including phenoxy) is 1. The number of benzene rings is 2. The largest absolute Gasteiger partial charge is 0.452 e. The highest BCUT2D eigenvalue weighted by Gasteiger charge is 2.33. The Morgan fingerprint density at radius 1 is 1.06 bits per heavy atom. The van der Waals surface area contributed by atoms with Crippen molar-refractivity contribution in [2.45, 2.75) is 6.92 Å². The van der Waals surface area contributed by atoms with Gasteiger partial charge in [-0.1, -0.05) is 24.3 Å². The molecule has 0 unspecified atom stereocenters. The van der Waals surface area contributed by atoms with E-state index in [2.05, 4.69) is 10.4 Å². The first-order valence-corrected chi connectivity index (χ1v) is 9.36. The van der Waals surface area contributed by atoms with Gasteiger partial charge in [-0.3, -0.25) is 19.1 Å². The minimum atomic E-state index is -0.879. The Labute approximate surface area is 176 Å². The van der Waals surface area contributed by atoms with E-state index in [-0.39, 0.29) is 39.3 Å². The standard InChI is InChI=1S/C22H18N4O5/c1-11-9-16(26(2)25-11)24-17(27)10-31-22(30)15-8-7-14-18(19(15)23)21(29)13-6-4-3-5-12(13)20(14)28/h3-9H,10,23H2,1-2H3,(H,24,27). The summed E-state index contributed by atoms with van der Waals surface area (Å²) in [5.41, 5.74) is 7.16. The fourth-order valence-electron chi connectivity index (χ4n) is 3.51. The van der Waals surface area contributed by atoms with Crippen molar-refractivity contribution >= 4 is 34.9 Å². The Bertz CT molecular complexity index is 1270. The maximum absolute atomic E-state index is 12.9. The van der Waals surface area contributed by atoms with Crippen LogP contribution < -0.4 is 11.1 Å². The van der Waals surface area contributed by atoms with E-state index in [4.69, 9.17) is 10.5 Å². The maximum Gasteiger partial charge on any atom is 0.340 e. The number of aryl methyl sites for hydroxylation is 2. The Kier molecular flexibility index (Phi) is 4.86. The van der Waals surface area contributed by atoms with E-state index in [1.807, 2.05) is 0 Å². The normalized spacial score (nSPS) is 12.2. The molecule has 0 saturated carbocycles. The molecule has 3 aromatic rings. The van der Waals surface area contributed by atoms with Gasteiger partial charge in [0, 0.05) is 29.8 Å². The molecule has 0 saturated heterocycles. The zero-order valence-electron chi connectivity index (χ0n) is 16.8. The third-order valence-corrected chi connectivity index (χ3v) is 4.96. The second-order valence-electron chi connectivity index (χ2n) is 7.07. The highest BCUT2D eigenvalue weighted by molar-refractivity contribution is 6.30. The molecule has 0 spiro atoms. The molecule has 0 fully saturated rings. The van der Waals surface area contributed by atoms with Crippen LogP contribution in [0.2, 0.25) is 0 Å². The molecular weight excluding hydrogens is 400 g/mol. The lowest BCUT2D eigenvalue weighted by Gasteiger charge is -2.20. The zero-order valence-corrected chi connectivity index (χ0v) is 16.8. The van der Waals surface area contributed by atoms with Crippen LogP contribution in [0.3, 0.4) is 0 Å². The second-order valence-corrected chi connectivity index (χ2v) is 7.07. The number of carbonyl (C=O) groups is 4. The number of ketones is 2. The topological polar surface area (TPSA) is 133 Å². The van der Waals surface area contributed by atoms with E-state index < -0.39 is 24.3 Å². The lowest BCUT2D eigenvalue weighted by molar-refractivity contribution is -0.119. The van der Waals surface area contributed by atoms with E-state index in [1.54, 1.807) is 38.2 Å². The first kappa shape index (κ1) is 20.0. The van der Waals surface area contributed by atoms with Gasteiger partial charge in [-0.25, -0.2) is 4.79 Å². The predicted octanol–water partition coefficient (Wildman–Crippen LogP) is 1.88. The fraction of sp³-hybridized carbons (Fsp3) is 0.136. The van der Waals surface area contributed by atoms with Crippen LogP contribution in [0.15, 0.2) is 42.5 Å². The number of esters is 1. The highest BCUT2D eigenvalue weighted by atomic mass is 16.5. The molecule has 31 heavy (non-hydrogen) atoms. The van der Waals surface area contributed by atoms with Gasteiger partial charge in [-0.2, -0.15) is 5.10 Å². The smallest absolute Gasteiger partial charge is 0.340 e. The Morgan fingerprint density at radius 3 is 2.39 bits per heavy atom. The lowest BCUT2D eigenvalue weighted by Crippen LogP contribution is -2.25. The molecule has 1 heterocycles. The molecular formula is C22H18N4O5. The molecule has 9 heteroatoms. The minimum absolute atomic E-state index is 0.0343. The van der Waals surface area contributed by atoms with E-state index in [0.717, 1.165) is 5.69 Å². The van der Waals surface area contributed by atoms with Crippen LogP contribution in [0.4, 0.5) is 11.5 Å². The number of nitrogen functional groups attached to an aromatic ring is 1. The molecule has 3 N–H and O–H groups in total. The van der Waals surface area contributed by atoms with Gasteiger partial charge in [0.2, 0.25) is 0 Å². The molecule has 1 amide bonds. The van der Waals surface area contributed by atoms with Crippen LogP contribution in [-0.2, 0) is 16.6 Å². The number of fused-ring (bicyclic) bond motifs is 2. The number of nitrogens with zero attached hydrogens (tertiary/aromatic N) is 2. The lowest BCUT2D eigenvalue weighted by atomic mass is 9.82. The van der Waals surface area contributed by atoms with Gasteiger partial charge < -0.3 is 15.8 Å². The van der Waals surface area contributed by atoms with Crippen molar-refractivity contribution in [1.29, 1.82) is 0 Å². The number of nitrogens with one attached hydrogen (secondary N) is 1. The quantitative estimate of drug-likeness (QED) is 0.382.